The first kappa shape index (κ1) is 12.8. The fourth-order valence-corrected chi connectivity index (χ4v) is 2.47. The molecular formula is C18H19N2+. The number of pyridine rings is 1. The molecule has 3 rings (SSSR count). The van der Waals surface area contributed by atoms with Crippen LogP contribution in [-0.4, -0.2) is 5.84 Å². The average molecular weight is 263 g/mol. The van der Waals surface area contributed by atoms with Crippen LogP contribution in [0.3, 0.4) is 0 Å². The largest absolute Gasteiger partial charge is 0.303 e. The maximum Gasteiger partial charge on any atom is 0.303 e. The number of hydrogen-bond donors (Lipinski definition) is 0. The molecule has 1 aliphatic rings. The van der Waals surface area contributed by atoms with Gasteiger partial charge >= 0.3 is 5.84 Å². The standard InChI is InChI=1S/C18H19N2/c1-3-9-16(10-4-1)15-17-11-5-6-12-18(19-17)20-13-7-2-8-14-20/h1-4,7-10,13-15H,5-6,11-12H2/q+1/b17-15+. The summed E-state index contributed by atoms with van der Waals surface area (Å²) in [5.74, 6) is 1.14. The maximum absolute atomic E-state index is 4.88. The highest BCUT2D eigenvalue weighted by atomic mass is 15.0. The topological polar surface area (TPSA) is 16.2 Å². The summed E-state index contributed by atoms with van der Waals surface area (Å²) in [6.45, 7) is 0. The Bertz CT molecular complexity index is 612. The van der Waals surface area contributed by atoms with E-state index in [1.165, 1.54) is 24.1 Å². The Morgan fingerprint density at radius 3 is 2.35 bits per heavy atom. The van der Waals surface area contributed by atoms with Gasteiger partial charge in [-0.2, -0.15) is 0 Å². The Labute approximate surface area is 120 Å². The summed E-state index contributed by atoms with van der Waals surface area (Å²) >= 11 is 0. The number of benzene rings is 1. The van der Waals surface area contributed by atoms with Crippen molar-refractivity contribution in [3.63, 3.8) is 0 Å². The van der Waals surface area contributed by atoms with Crippen molar-refractivity contribution in [1.29, 1.82) is 0 Å². The van der Waals surface area contributed by atoms with Gasteiger partial charge in [-0.3, -0.25) is 0 Å². The third kappa shape index (κ3) is 3.21. The van der Waals surface area contributed by atoms with Gasteiger partial charge in [0.1, 0.15) is 0 Å². The summed E-state index contributed by atoms with van der Waals surface area (Å²) in [6, 6.07) is 16.6. The first-order chi connectivity index (χ1) is 9.92. The van der Waals surface area contributed by atoms with Gasteiger partial charge in [0.25, 0.3) is 0 Å². The normalized spacial score (nSPS) is 17.6. The average Bonchev–Trinajstić information content (AvgIpc) is 2.75. The lowest BCUT2D eigenvalue weighted by atomic mass is 10.1. The van der Waals surface area contributed by atoms with E-state index in [2.05, 4.69) is 47.3 Å². The summed E-state index contributed by atoms with van der Waals surface area (Å²) in [5, 5.41) is 0. The van der Waals surface area contributed by atoms with Gasteiger partial charge in [-0.1, -0.05) is 41.4 Å². The van der Waals surface area contributed by atoms with Gasteiger partial charge < -0.3 is 0 Å². The van der Waals surface area contributed by atoms with Gasteiger partial charge in [-0.15, -0.1) is 0 Å². The van der Waals surface area contributed by atoms with Crippen LogP contribution in [0, 0.1) is 0 Å². The lowest BCUT2D eigenvalue weighted by Gasteiger charge is -1.97. The second-order valence-corrected chi connectivity index (χ2v) is 5.06. The van der Waals surface area contributed by atoms with Gasteiger partial charge in [-0.25, -0.2) is 4.57 Å². The minimum Gasteiger partial charge on any atom is -0.207 e. The van der Waals surface area contributed by atoms with Crippen LogP contribution in [-0.2, 0) is 0 Å². The number of hydrogen-bond acceptors (Lipinski definition) is 1. The molecule has 0 saturated heterocycles. The van der Waals surface area contributed by atoms with Crippen molar-refractivity contribution in [2.75, 3.05) is 0 Å². The van der Waals surface area contributed by atoms with E-state index in [1.807, 2.05) is 24.3 Å². The molecule has 2 aromatic rings. The molecular weight excluding hydrogens is 244 g/mol. The van der Waals surface area contributed by atoms with Crippen LogP contribution in [0.2, 0.25) is 0 Å². The Balaban J connectivity index is 1.93. The molecule has 20 heavy (non-hydrogen) atoms. The minimum atomic E-state index is 1.04. The van der Waals surface area contributed by atoms with Gasteiger partial charge in [0.2, 0.25) is 0 Å². The highest BCUT2D eigenvalue weighted by Gasteiger charge is 2.17. The van der Waals surface area contributed by atoms with Crippen LogP contribution in [0.15, 0.2) is 71.6 Å². The van der Waals surface area contributed by atoms with Crippen molar-refractivity contribution in [2.24, 2.45) is 4.99 Å². The second kappa shape index (κ2) is 6.29. The Hall–Kier alpha value is -2.22. The van der Waals surface area contributed by atoms with Crippen molar-refractivity contribution < 1.29 is 4.57 Å². The van der Waals surface area contributed by atoms with Gasteiger partial charge in [0.05, 0.1) is 18.8 Å². The molecule has 0 fully saturated rings. The molecule has 0 N–H and O–H groups in total. The molecule has 2 heterocycles. The maximum atomic E-state index is 4.88. The van der Waals surface area contributed by atoms with Crippen LogP contribution < -0.4 is 4.57 Å². The summed E-state index contributed by atoms with van der Waals surface area (Å²) in [6.07, 6.45) is 10.9. The van der Waals surface area contributed by atoms with Crippen LogP contribution in [0.1, 0.15) is 31.2 Å². The second-order valence-electron chi connectivity index (χ2n) is 5.06. The Kier molecular flexibility index (Phi) is 4.02. The molecule has 0 spiro atoms. The van der Waals surface area contributed by atoms with E-state index in [0.29, 0.717) is 0 Å². The molecule has 2 heteroatoms. The molecule has 0 saturated carbocycles. The van der Waals surface area contributed by atoms with E-state index < -0.39 is 0 Å². The predicted octanol–water partition coefficient (Wildman–Crippen LogP) is 3.84. The smallest absolute Gasteiger partial charge is 0.207 e. The van der Waals surface area contributed by atoms with Crippen molar-refractivity contribution in [3.05, 3.63) is 72.2 Å². The summed E-state index contributed by atoms with van der Waals surface area (Å²) in [4.78, 5) is 4.88. The van der Waals surface area contributed by atoms with Crippen LogP contribution in [0.25, 0.3) is 6.08 Å². The Morgan fingerprint density at radius 2 is 1.55 bits per heavy atom. The minimum absolute atomic E-state index is 1.04. The van der Waals surface area contributed by atoms with Crippen molar-refractivity contribution in [1.82, 2.24) is 0 Å². The lowest BCUT2D eigenvalue weighted by molar-refractivity contribution is -0.557. The third-order valence-corrected chi connectivity index (χ3v) is 3.50. The van der Waals surface area contributed by atoms with E-state index in [1.54, 1.807) is 0 Å². The molecule has 0 amide bonds. The zero-order chi connectivity index (χ0) is 13.6. The zero-order valence-electron chi connectivity index (χ0n) is 11.6. The Morgan fingerprint density at radius 1 is 0.850 bits per heavy atom. The fraction of sp³-hybridized carbons (Fsp3) is 0.222. The lowest BCUT2D eigenvalue weighted by Crippen LogP contribution is -2.41. The van der Waals surface area contributed by atoms with Crippen LogP contribution >= 0.6 is 0 Å². The first-order valence-electron chi connectivity index (χ1n) is 7.22. The zero-order valence-corrected chi connectivity index (χ0v) is 11.6. The number of allylic oxidation sites excluding steroid dienone is 1. The van der Waals surface area contributed by atoms with Crippen LogP contribution in [0.5, 0.6) is 0 Å². The quantitative estimate of drug-likeness (QED) is 0.695. The molecule has 1 aromatic carbocycles. The van der Waals surface area contributed by atoms with Crippen molar-refractivity contribution in [3.8, 4) is 0 Å². The highest BCUT2D eigenvalue weighted by molar-refractivity contribution is 5.75. The molecule has 0 bridgehead atoms. The summed E-state index contributed by atoms with van der Waals surface area (Å²) < 4.78 is 2.13. The summed E-state index contributed by atoms with van der Waals surface area (Å²) in [7, 11) is 0. The van der Waals surface area contributed by atoms with Crippen LogP contribution in [0.4, 0.5) is 0 Å². The van der Waals surface area contributed by atoms with Gasteiger partial charge in [0.15, 0.2) is 5.70 Å². The number of rotatable bonds is 1. The van der Waals surface area contributed by atoms with E-state index in [-0.39, 0.29) is 0 Å². The molecule has 100 valence electrons. The predicted molar refractivity (Wildman–Crippen MR) is 82.4 cm³/mol. The number of aliphatic imine (C=N–C) groups is 1. The molecule has 1 aliphatic heterocycles. The van der Waals surface area contributed by atoms with Gasteiger partial charge in [-0.05, 0) is 36.6 Å². The molecule has 0 unspecified atom stereocenters. The number of aromatic nitrogens is 1. The fourth-order valence-electron chi connectivity index (χ4n) is 2.47. The summed E-state index contributed by atoms with van der Waals surface area (Å²) in [5.41, 5.74) is 2.41. The van der Waals surface area contributed by atoms with Crippen molar-refractivity contribution in [2.45, 2.75) is 25.7 Å². The molecule has 0 aliphatic carbocycles. The highest BCUT2D eigenvalue weighted by Crippen LogP contribution is 2.19. The van der Waals surface area contributed by atoms with Gasteiger partial charge in [0, 0.05) is 6.42 Å². The molecule has 0 radical (unpaired) electrons. The van der Waals surface area contributed by atoms with E-state index in [9.17, 15) is 0 Å². The molecule has 0 atom stereocenters. The third-order valence-electron chi connectivity index (χ3n) is 3.50. The van der Waals surface area contributed by atoms with E-state index in [4.69, 9.17) is 4.99 Å². The van der Waals surface area contributed by atoms with Crippen molar-refractivity contribution >= 4 is 11.9 Å². The number of nitrogens with zero attached hydrogens (tertiary/aromatic N) is 2. The first-order valence-corrected chi connectivity index (χ1v) is 7.22. The molecule has 1 aromatic heterocycles. The SMILES string of the molecule is C(=C1/CCCCC([n+]2ccccc2)=N1)/c1ccccc1. The monoisotopic (exact) mass is 263 g/mol. The van der Waals surface area contributed by atoms with E-state index in [0.717, 1.165) is 18.7 Å². The van der Waals surface area contributed by atoms with E-state index >= 15 is 0 Å². The molecule has 2 nitrogen and oxygen atoms in total.